The Kier molecular flexibility index (Phi) is 144. The molecule has 0 aromatic heterocycles. The molecule has 0 aliphatic carbocycles. The van der Waals surface area contributed by atoms with Gasteiger partial charge in [0.2, 0.25) is 0 Å². The zero-order chi connectivity index (χ0) is 4.71. The maximum absolute atomic E-state index is 4.26. The summed E-state index contributed by atoms with van der Waals surface area (Å²) >= 11 is 3.35. The van der Waals surface area contributed by atoms with Gasteiger partial charge in [0.1, 0.15) is 0 Å². The first kappa shape index (κ1) is 16.2. The van der Waals surface area contributed by atoms with Crippen molar-refractivity contribution < 1.29 is 14.6 Å². The van der Waals surface area contributed by atoms with Crippen molar-refractivity contribution >= 4 is 10.2 Å². The Hall–Kier alpha value is 0.394. The normalized spacial score (nSPS) is 3.17. The third kappa shape index (κ3) is 327. The van der Waals surface area contributed by atoms with Gasteiger partial charge in [-0.1, -0.05) is 0 Å². The number of hydrogen-bond acceptors (Lipinski definition) is 0. The molecule has 43 valence electrons. The second-order valence-electron chi connectivity index (χ2n) is 0.289. The van der Waals surface area contributed by atoms with E-state index in [-0.39, 0.29) is 7.43 Å². The van der Waals surface area contributed by atoms with Crippen LogP contribution in [-0.2, 0) is 14.6 Å². The van der Waals surface area contributed by atoms with E-state index in [1.54, 1.807) is 0 Å². The summed E-state index contributed by atoms with van der Waals surface area (Å²) in [6, 6.07) is 0. The van der Waals surface area contributed by atoms with Crippen molar-refractivity contribution in [3.8, 4) is 0 Å². The minimum atomic E-state index is 0. The molecule has 0 heterocycles. The van der Waals surface area contributed by atoms with Crippen molar-refractivity contribution in [1.29, 1.82) is 0 Å². The van der Waals surface area contributed by atoms with Crippen LogP contribution in [0.15, 0.2) is 12.7 Å². The molecule has 0 unspecified atom stereocenters. The van der Waals surface area contributed by atoms with E-state index in [0.717, 1.165) is 0 Å². The molecule has 0 saturated carbocycles. The molecule has 0 aromatic carbocycles. The van der Waals surface area contributed by atoms with Crippen molar-refractivity contribution in [3.05, 3.63) is 27.0 Å². The van der Waals surface area contributed by atoms with Crippen LogP contribution >= 0.6 is 10.2 Å². The first-order valence-corrected chi connectivity index (χ1v) is 2.29. The van der Waals surface area contributed by atoms with Crippen LogP contribution in [0.4, 0.5) is 0 Å². The Balaban J connectivity index is -0.0000000275. The molecular formula is C4H8ClNi-2. The van der Waals surface area contributed by atoms with Gasteiger partial charge in [0.05, 0.1) is 0 Å². The molecule has 0 aliphatic heterocycles. The second-order valence-corrected chi connectivity index (χ2v) is 0.289. The Morgan fingerprint density at radius 3 is 1.67 bits per heavy atom. The zero-order valence-electron chi connectivity index (χ0n) is 3.69. The standard InChI is InChI=1S/C3H5.CH3.ClH.Ni/c1-3-2;;;/h3H,1-2H2;1H3;1H;/q2*-1;;+1/p-1. The molecule has 0 aliphatic rings. The summed E-state index contributed by atoms with van der Waals surface area (Å²) in [5, 5.41) is 0. The van der Waals surface area contributed by atoms with E-state index >= 15 is 0 Å². The first-order chi connectivity index (χ1) is 2.41. The Labute approximate surface area is 52.2 Å². The van der Waals surface area contributed by atoms with Crippen LogP contribution in [-0.4, -0.2) is 0 Å². The van der Waals surface area contributed by atoms with Gasteiger partial charge in [0.15, 0.2) is 0 Å². The molecule has 2 heteroatoms. The summed E-state index contributed by atoms with van der Waals surface area (Å²) in [6.07, 6.45) is 1.50. The van der Waals surface area contributed by atoms with Crippen molar-refractivity contribution in [2.75, 3.05) is 0 Å². The molecular weight excluding hydrogens is 142 g/mol. The molecule has 0 rings (SSSR count). The molecule has 0 aromatic rings. The second kappa shape index (κ2) is 53.6. The van der Waals surface area contributed by atoms with Gasteiger partial charge in [-0.15, -0.1) is 0 Å². The fourth-order valence-corrected chi connectivity index (χ4v) is 0. The van der Waals surface area contributed by atoms with Gasteiger partial charge in [-0.05, 0) is 0 Å². The third-order valence-electron chi connectivity index (χ3n) is 0. The predicted molar refractivity (Wildman–Crippen MR) is 27.8 cm³/mol. The van der Waals surface area contributed by atoms with E-state index in [9.17, 15) is 0 Å². The van der Waals surface area contributed by atoms with Crippen molar-refractivity contribution in [3.63, 3.8) is 0 Å². The zero-order valence-corrected chi connectivity index (χ0v) is 5.43. The Morgan fingerprint density at radius 2 is 1.67 bits per heavy atom. The Bertz CT molecular complexity index is 15.0. The molecule has 6 heavy (non-hydrogen) atoms. The van der Waals surface area contributed by atoms with Gasteiger partial charge in [-0.25, -0.2) is 19.6 Å². The molecule has 0 bridgehead atoms. The summed E-state index contributed by atoms with van der Waals surface area (Å²) < 4.78 is 0. The van der Waals surface area contributed by atoms with Crippen LogP contribution < -0.4 is 0 Å². The van der Waals surface area contributed by atoms with Crippen LogP contribution in [0.3, 0.4) is 0 Å². The van der Waals surface area contributed by atoms with Crippen LogP contribution in [0.2, 0.25) is 0 Å². The first-order valence-electron chi connectivity index (χ1n) is 0.936. The fraction of sp³-hybridized carbons (Fsp3) is 0. The number of rotatable bonds is 0. The molecule has 0 N–H and O–H groups in total. The summed E-state index contributed by atoms with van der Waals surface area (Å²) in [6.45, 7) is 6.50. The average Bonchev–Trinajstić information content (AvgIpc) is 1.46. The van der Waals surface area contributed by atoms with E-state index in [4.69, 9.17) is 0 Å². The van der Waals surface area contributed by atoms with Crippen LogP contribution in [0.5, 0.6) is 0 Å². The third-order valence-corrected chi connectivity index (χ3v) is 0. The summed E-state index contributed by atoms with van der Waals surface area (Å²) in [5.74, 6) is 0. The van der Waals surface area contributed by atoms with Gasteiger partial charge < -0.3 is 7.43 Å². The van der Waals surface area contributed by atoms with Gasteiger partial charge in [-0.3, -0.25) is 0 Å². The topological polar surface area (TPSA) is 0 Å². The van der Waals surface area contributed by atoms with Gasteiger partial charge in [-0.2, -0.15) is 0 Å². The van der Waals surface area contributed by atoms with Crippen LogP contribution in [0, 0.1) is 14.4 Å². The van der Waals surface area contributed by atoms with E-state index in [1.807, 2.05) is 0 Å². The summed E-state index contributed by atoms with van der Waals surface area (Å²) in [4.78, 5) is 0. The molecule has 0 radical (unpaired) electrons. The van der Waals surface area contributed by atoms with Crippen LogP contribution in [0.25, 0.3) is 0 Å². The molecule has 0 amide bonds. The molecule has 0 saturated heterocycles. The van der Waals surface area contributed by atoms with Crippen LogP contribution in [0.1, 0.15) is 0 Å². The quantitative estimate of drug-likeness (QED) is 0.366. The van der Waals surface area contributed by atoms with E-state index < -0.39 is 0 Å². The fourth-order valence-electron chi connectivity index (χ4n) is 0. The minimum absolute atomic E-state index is 0. The summed E-state index contributed by atoms with van der Waals surface area (Å²) in [5.41, 5.74) is 0. The number of halogens is 1. The molecule has 0 fully saturated rings. The predicted octanol–water partition coefficient (Wildman–Crippen LogP) is 2.14. The summed E-state index contributed by atoms with van der Waals surface area (Å²) in [7, 11) is 4.26. The van der Waals surface area contributed by atoms with Crippen molar-refractivity contribution in [2.24, 2.45) is 0 Å². The SMILES string of the molecule is C=C[CH2-].[CH3-].[Cl][Ni]. The van der Waals surface area contributed by atoms with Gasteiger partial charge in [0.25, 0.3) is 0 Å². The van der Waals surface area contributed by atoms with E-state index in [0.29, 0.717) is 0 Å². The molecule has 0 atom stereocenters. The van der Waals surface area contributed by atoms with E-state index in [1.165, 1.54) is 6.08 Å². The van der Waals surface area contributed by atoms with E-state index in [2.05, 4.69) is 38.3 Å². The maximum atomic E-state index is 4.26. The molecule has 0 spiro atoms. The van der Waals surface area contributed by atoms with Crippen molar-refractivity contribution in [1.82, 2.24) is 0 Å². The number of allylic oxidation sites excluding steroid dienone is 1. The average molecular weight is 150 g/mol. The van der Waals surface area contributed by atoms with Gasteiger partial charge >= 0.3 is 24.8 Å². The van der Waals surface area contributed by atoms with Gasteiger partial charge in [0, 0.05) is 0 Å². The number of hydrogen-bond donors (Lipinski definition) is 0. The van der Waals surface area contributed by atoms with Crippen molar-refractivity contribution in [2.45, 2.75) is 0 Å². The Morgan fingerprint density at radius 1 is 1.67 bits per heavy atom. The molecule has 0 nitrogen and oxygen atoms in total. The monoisotopic (exact) mass is 149 g/mol.